The first kappa shape index (κ1) is 12.6. The molecule has 0 aliphatic rings. The molecule has 0 aromatic heterocycles. The zero-order chi connectivity index (χ0) is 12.1. The van der Waals surface area contributed by atoms with E-state index in [1.54, 1.807) is 12.1 Å². The lowest BCUT2D eigenvalue weighted by molar-refractivity contribution is 0.0698. The van der Waals surface area contributed by atoms with Gasteiger partial charge < -0.3 is 10.4 Å². The number of benzene rings is 1. The van der Waals surface area contributed by atoms with Gasteiger partial charge in [-0.1, -0.05) is 28.8 Å². The quantitative estimate of drug-likeness (QED) is 0.835. The number of carboxylic acid groups (broad SMARTS) is 1. The minimum Gasteiger partial charge on any atom is -0.478 e. The van der Waals surface area contributed by atoms with E-state index in [-0.39, 0.29) is 11.6 Å². The third-order valence-electron chi connectivity index (χ3n) is 2.15. The van der Waals surface area contributed by atoms with Gasteiger partial charge in [-0.3, -0.25) is 0 Å². The van der Waals surface area contributed by atoms with Crippen LogP contribution in [0.4, 0.5) is 5.69 Å². The molecule has 1 unspecified atom stereocenters. The van der Waals surface area contributed by atoms with Crippen molar-refractivity contribution >= 4 is 27.6 Å². The Bertz CT molecular complexity index is 437. The van der Waals surface area contributed by atoms with E-state index in [4.69, 9.17) is 11.5 Å². The molecule has 0 heterocycles. The molecule has 2 N–H and O–H groups in total. The summed E-state index contributed by atoms with van der Waals surface area (Å²) < 4.78 is 0.812. The van der Waals surface area contributed by atoms with Crippen molar-refractivity contribution in [3.05, 3.63) is 28.2 Å². The first-order valence-corrected chi connectivity index (χ1v) is 5.63. The van der Waals surface area contributed by atoms with Crippen LogP contribution in [-0.2, 0) is 0 Å². The Morgan fingerprint density at radius 2 is 2.38 bits per heavy atom. The van der Waals surface area contributed by atoms with Gasteiger partial charge in [0, 0.05) is 4.47 Å². The topological polar surface area (TPSA) is 49.3 Å². The average molecular weight is 282 g/mol. The predicted molar refractivity (Wildman–Crippen MR) is 67.6 cm³/mol. The molecule has 0 saturated carbocycles. The number of anilines is 1. The number of terminal acetylenes is 1. The molecule has 0 spiro atoms. The Balaban J connectivity index is 3.06. The van der Waals surface area contributed by atoms with E-state index in [0.717, 1.165) is 10.9 Å². The van der Waals surface area contributed by atoms with Crippen molar-refractivity contribution in [3.8, 4) is 12.3 Å². The molecule has 0 radical (unpaired) electrons. The molecule has 0 saturated heterocycles. The summed E-state index contributed by atoms with van der Waals surface area (Å²) in [6.45, 7) is 1.94. The minimum atomic E-state index is -0.970. The van der Waals surface area contributed by atoms with Crippen molar-refractivity contribution < 1.29 is 9.90 Å². The van der Waals surface area contributed by atoms with E-state index < -0.39 is 5.97 Å². The molecule has 0 aliphatic carbocycles. The summed E-state index contributed by atoms with van der Waals surface area (Å²) in [7, 11) is 0. The van der Waals surface area contributed by atoms with Gasteiger partial charge in [0.15, 0.2) is 0 Å². The van der Waals surface area contributed by atoms with Crippen molar-refractivity contribution in [2.75, 3.05) is 5.32 Å². The summed E-state index contributed by atoms with van der Waals surface area (Å²) >= 11 is 3.29. The molecule has 1 aromatic rings. The van der Waals surface area contributed by atoms with Crippen LogP contribution >= 0.6 is 15.9 Å². The molecule has 16 heavy (non-hydrogen) atoms. The second kappa shape index (κ2) is 5.57. The Morgan fingerprint density at radius 1 is 1.69 bits per heavy atom. The second-order valence-electron chi connectivity index (χ2n) is 3.27. The third kappa shape index (κ3) is 3.01. The summed E-state index contributed by atoms with van der Waals surface area (Å²) in [5.74, 6) is 1.60. The van der Waals surface area contributed by atoms with Crippen LogP contribution < -0.4 is 5.32 Å². The number of nitrogens with one attached hydrogen (secondary N) is 1. The lowest BCUT2D eigenvalue weighted by Crippen LogP contribution is -2.18. The van der Waals surface area contributed by atoms with E-state index in [1.807, 2.05) is 6.92 Å². The third-order valence-corrected chi connectivity index (χ3v) is 2.64. The zero-order valence-electron chi connectivity index (χ0n) is 8.83. The number of carboxylic acids is 1. The molecular formula is C12H12BrNO2. The summed E-state index contributed by atoms with van der Waals surface area (Å²) in [6, 6.07) is 4.78. The van der Waals surface area contributed by atoms with Crippen molar-refractivity contribution in [2.24, 2.45) is 0 Å². The fourth-order valence-electron chi connectivity index (χ4n) is 1.27. The van der Waals surface area contributed by atoms with Gasteiger partial charge in [0.05, 0.1) is 17.3 Å². The monoisotopic (exact) mass is 281 g/mol. The standard InChI is InChI=1S/C12H12BrNO2/c1-3-9(4-2)14-11-7-8(13)5-6-10(11)12(15)16/h1,5-7,9,14H,4H2,2H3,(H,15,16). The maximum atomic E-state index is 11.0. The highest BCUT2D eigenvalue weighted by molar-refractivity contribution is 9.10. The van der Waals surface area contributed by atoms with Gasteiger partial charge in [-0.25, -0.2) is 4.79 Å². The highest BCUT2D eigenvalue weighted by Gasteiger charge is 2.12. The summed E-state index contributed by atoms with van der Waals surface area (Å²) in [4.78, 5) is 11.0. The Kier molecular flexibility index (Phi) is 4.39. The van der Waals surface area contributed by atoms with Crippen LogP contribution in [0.5, 0.6) is 0 Å². The first-order valence-electron chi connectivity index (χ1n) is 4.84. The lowest BCUT2D eigenvalue weighted by atomic mass is 10.1. The number of hydrogen-bond donors (Lipinski definition) is 2. The molecule has 0 fully saturated rings. The maximum Gasteiger partial charge on any atom is 0.337 e. The van der Waals surface area contributed by atoms with Gasteiger partial charge in [-0.15, -0.1) is 6.42 Å². The van der Waals surface area contributed by atoms with Gasteiger partial charge in [0.1, 0.15) is 0 Å². The lowest BCUT2D eigenvalue weighted by Gasteiger charge is -2.14. The Morgan fingerprint density at radius 3 is 2.88 bits per heavy atom. The highest BCUT2D eigenvalue weighted by Crippen LogP contribution is 2.22. The first-order chi connectivity index (χ1) is 7.58. The summed E-state index contributed by atoms with van der Waals surface area (Å²) in [6.07, 6.45) is 6.06. The number of rotatable bonds is 4. The van der Waals surface area contributed by atoms with Crippen molar-refractivity contribution in [3.63, 3.8) is 0 Å². The SMILES string of the molecule is C#CC(CC)Nc1cc(Br)ccc1C(=O)O. The molecule has 4 heteroatoms. The summed E-state index contributed by atoms with van der Waals surface area (Å²) in [5.41, 5.74) is 0.753. The van der Waals surface area contributed by atoms with Crippen LogP contribution in [0.25, 0.3) is 0 Å². The Labute approximate surface area is 103 Å². The van der Waals surface area contributed by atoms with Crippen molar-refractivity contribution in [1.82, 2.24) is 0 Å². The smallest absolute Gasteiger partial charge is 0.337 e. The van der Waals surface area contributed by atoms with Crippen LogP contribution in [0.2, 0.25) is 0 Å². The molecule has 84 valence electrons. The molecule has 1 aromatic carbocycles. The number of hydrogen-bond acceptors (Lipinski definition) is 2. The van der Waals surface area contributed by atoms with E-state index >= 15 is 0 Å². The van der Waals surface area contributed by atoms with Gasteiger partial charge in [0.25, 0.3) is 0 Å². The number of aromatic carboxylic acids is 1. The van der Waals surface area contributed by atoms with Crippen LogP contribution in [0.15, 0.2) is 22.7 Å². The molecule has 1 atom stereocenters. The summed E-state index contributed by atoms with van der Waals surface area (Å²) in [5, 5.41) is 12.0. The molecule has 1 rings (SSSR count). The van der Waals surface area contributed by atoms with Crippen molar-refractivity contribution in [2.45, 2.75) is 19.4 Å². The van der Waals surface area contributed by atoms with Gasteiger partial charge in [0.2, 0.25) is 0 Å². The number of halogens is 1. The second-order valence-corrected chi connectivity index (χ2v) is 4.18. The van der Waals surface area contributed by atoms with Gasteiger partial charge in [-0.05, 0) is 24.6 Å². The van der Waals surface area contributed by atoms with Gasteiger partial charge in [-0.2, -0.15) is 0 Å². The van der Waals surface area contributed by atoms with Crippen LogP contribution in [-0.4, -0.2) is 17.1 Å². The molecule has 0 aliphatic heterocycles. The van der Waals surface area contributed by atoms with Crippen LogP contribution in [0.1, 0.15) is 23.7 Å². The van der Waals surface area contributed by atoms with E-state index in [9.17, 15) is 4.79 Å². The fourth-order valence-corrected chi connectivity index (χ4v) is 1.63. The normalized spacial score (nSPS) is 11.6. The largest absolute Gasteiger partial charge is 0.478 e. The van der Waals surface area contributed by atoms with E-state index in [2.05, 4.69) is 27.2 Å². The zero-order valence-corrected chi connectivity index (χ0v) is 10.4. The van der Waals surface area contributed by atoms with Crippen molar-refractivity contribution in [1.29, 1.82) is 0 Å². The van der Waals surface area contributed by atoms with Crippen LogP contribution in [0, 0.1) is 12.3 Å². The fraction of sp³-hybridized carbons (Fsp3) is 0.250. The highest BCUT2D eigenvalue weighted by atomic mass is 79.9. The molecule has 3 nitrogen and oxygen atoms in total. The Hall–Kier alpha value is -1.47. The molecule has 0 amide bonds. The maximum absolute atomic E-state index is 11.0. The predicted octanol–water partition coefficient (Wildman–Crippen LogP) is 2.97. The van der Waals surface area contributed by atoms with Crippen LogP contribution in [0.3, 0.4) is 0 Å². The minimum absolute atomic E-state index is 0.160. The molecule has 0 bridgehead atoms. The average Bonchev–Trinajstić information content (AvgIpc) is 2.25. The van der Waals surface area contributed by atoms with Gasteiger partial charge >= 0.3 is 5.97 Å². The van der Waals surface area contributed by atoms with E-state index in [1.165, 1.54) is 6.07 Å². The molecular weight excluding hydrogens is 270 g/mol. The number of carbonyl (C=O) groups is 1. The van der Waals surface area contributed by atoms with E-state index in [0.29, 0.717) is 5.69 Å².